The van der Waals surface area contributed by atoms with Gasteiger partial charge in [-0.2, -0.15) is 20.5 Å². The van der Waals surface area contributed by atoms with E-state index in [4.69, 9.17) is 29.4 Å². The summed E-state index contributed by atoms with van der Waals surface area (Å²) in [4.78, 5) is 7.97. The second kappa shape index (κ2) is 7.95. The Balaban J connectivity index is 2.22. The van der Waals surface area contributed by atoms with Crippen molar-refractivity contribution >= 4 is 33.4 Å². The van der Waals surface area contributed by atoms with Crippen molar-refractivity contribution in [1.82, 2.24) is 9.97 Å². The largest absolute Gasteiger partial charge is 0.437 e. The monoisotopic (exact) mass is 444 g/mol. The number of nitrogens with two attached hydrogens (primary N) is 1. The number of nitrogen functional groups attached to an aromatic ring is 1. The first kappa shape index (κ1) is 10.1. The number of nitrogens with zero attached hydrogens (tertiary/aromatic N) is 4. The summed E-state index contributed by atoms with van der Waals surface area (Å²) in [6.45, 7) is -5.79. The zero-order valence-corrected chi connectivity index (χ0v) is 15.4. The molecule has 3 N–H and O–H groups in total. The Morgan fingerprint density at radius 1 is 1.11 bits per heavy atom. The van der Waals surface area contributed by atoms with Crippen LogP contribution in [0.15, 0.2) is 40.8 Å². The normalized spacial score (nSPS) is 16.1. The highest BCUT2D eigenvalue weighted by atomic mass is 79.9. The molecule has 8 heteroatoms. The van der Waals surface area contributed by atoms with Gasteiger partial charge in [0.15, 0.2) is 0 Å². The lowest BCUT2D eigenvalue weighted by atomic mass is 10.1. The van der Waals surface area contributed by atoms with Crippen molar-refractivity contribution in [2.75, 3.05) is 11.1 Å². The number of aryl methyl sites for hydroxylation is 2. The molecule has 0 unspecified atom stereocenters. The average Bonchev–Trinajstić information content (AvgIpc) is 2.82. The SMILES string of the molecule is [2H]c1c([2H])c(Nc2nc(N)c(Br)c(Oc3c(C([2H])([2H])[2H])cc(C#N)cc3C([2H])([2H])[2H])n2)c([2H])c([2H])c1C#N. The molecule has 0 atom stereocenters. The number of hydrogen-bond acceptors (Lipinski definition) is 7. The molecule has 0 bridgehead atoms. The lowest BCUT2D eigenvalue weighted by Crippen LogP contribution is -2.04. The van der Waals surface area contributed by atoms with Crippen molar-refractivity contribution in [3.05, 3.63) is 63.0 Å². The van der Waals surface area contributed by atoms with Gasteiger partial charge in [-0.15, -0.1) is 0 Å². The van der Waals surface area contributed by atoms with Crippen LogP contribution in [-0.2, 0) is 0 Å². The van der Waals surface area contributed by atoms with E-state index in [2.05, 4.69) is 31.2 Å². The van der Waals surface area contributed by atoms with Gasteiger partial charge in [-0.05, 0) is 77.1 Å². The number of nitrogens with one attached hydrogen (secondary N) is 1. The quantitative estimate of drug-likeness (QED) is 0.596. The van der Waals surface area contributed by atoms with Crippen LogP contribution in [0, 0.1) is 36.4 Å². The number of ether oxygens (including phenoxy) is 1. The van der Waals surface area contributed by atoms with Crippen molar-refractivity contribution in [3.63, 3.8) is 0 Å². The number of anilines is 3. The Kier molecular flexibility index (Phi) is 2.86. The van der Waals surface area contributed by atoms with E-state index in [0.717, 1.165) is 12.1 Å². The molecule has 0 spiro atoms. The maximum atomic E-state index is 9.29. The van der Waals surface area contributed by atoms with Gasteiger partial charge in [-0.25, -0.2) is 0 Å². The van der Waals surface area contributed by atoms with Gasteiger partial charge in [0.2, 0.25) is 11.8 Å². The molecule has 0 amide bonds. The standard InChI is InChI=1S/C20H15BrN6O/c1-11-7-14(10-23)8-12(2)17(11)28-19-16(21)18(24)26-20(27-19)25-15-5-3-13(9-22)4-6-15/h3-8H,1-2H3,(H3,24,25,26,27)/i1D3,2D3,3D,4D,5D,6D. The number of benzene rings is 2. The summed E-state index contributed by atoms with van der Waals surface area (Å²) in [5, 5.41) is 20.9. The summed E-state index contributed by atoms with van der Waals surface area (Å²) in [6.07, 6.45) is 0. The Labute approximate surface area is 184 Å². The van der Waals surface area contributed by atoms with Crippen LogP contribution in [0.5, 0.6) is 11.6 Å². The van der Waals surface area contributed by atoms with E-state index < -0.39 is 77.8 Å². The van der Waals surface area contributed by atoms with Gasteiger partial charge in [-0.1, -0.05) is 0 Å². The average molecular weight is 445 g/mol. The fraction of sp³-hybridized carbons (Fsp3) is 0.100. The van der Waals surface area contributed by atoms with E-state index in [1.807, 2.05) is 0 Å². The number of nitriles is 2. The molecule has 1 heterocycles. The van der Waals surface area contributed by atoms with Crippen LogP contribution < -0.4 is 15.8 Å². The molecule has 0 aliphatic carbocycles. The summed E-state index contributed by atoms with van der Waals surface area (Å²) in [7, 11) is 0. The minimum absolute atomic E-state index is 0.0974. The van der Waals surface area contributed by atoms with Gasteiger partial charge < -0.3 is 15.8 Å². The molecule has 1 aromatic heterocycles. The molecule has 0 fully saturated rings. The van der Waals surface area contributed by atoms with Crippen LogP contribution in [0.3, 0.4) is 0 Å². The smallest absolute Gasteiger partial charge is 0.240 e. The van der Waals surface area contributed by atoms with Gasteiger partial charge in [0.25, 0.3) is 0 Å². The fourth-order valence-electron chi connectivity index (χ4n) is 2.01. The van der Waals surface area contributed by atoms with E-state index in [9.17, 15) is 5.26 Å². The van der Waals surface area contributed by atoms with E-state index in [0.29, 0.717) is 0 Å². The van der Waals surface area contributed by atoms with E-state index in [1.165, 1.54) is 0 Å². The molecule has 2 aromatic carbocycles. The highest BCUT2D eigenvalue weighted by Gasteiger charge is 2.16. The summed E-state index contributed by atoms with van der Waals surface area (Å²) in [5.74, 6) is -1.76. The third kappa shape index (κ3) is 4.03. The van der Waals surface area contributed by atoms with Crippen molar-refractivity contribution in [2.45, 2.75) is 13.7 Å². The molecule has 28 heavy (non-hydrogen) atoms. The van der Waals surface area contributed by atoms with Gasteiger partial charge in [0.1, 0.15) is 16.0 Å². The highest BCUT2D eigenvalue weighted by Crippen LogP contribution is 2.36. The summed E-state index contributed by atoms with van der Waals surface area (Å²) in [6, 6.07) is 2.83. The van der Waals surface area contributed by atoms with Crippen LogP contribution in [0.1, 0.15) is 36.0 Å². The van der Waals surface area contributed by atoms with Gasteiger partial charge in [0.05, 0.1) is 28.7 Å². The van der Waals surface area contributed by atoms with Crippen molar-refractivity contribution < 1.29 is 18.4 Å². The molecular weight excluding hydrogens is 420 g/mol. The van der Waals surface area contributed by atoms with Crippen molar-refractivity contribution in [1.29, 1.82) is 10.5 Å². The predicted octanol–water partition coefficient (Wildman–Crippen LogP) is 4.72. The van der Waals surface area contributed by atoms with Crippen LogP contribution >= 0.6 is 15.9 Å². The topological polar surface area (TPSA) is 121 Å². The molecular formula is C20H15BrN6O. The molecule has 3 aromatic rings. The molecule has 0 saturated heterocycles. The maximum Gasteiger partial charge on any atom is 0.240 e. The molecule has 7 nitrogen and oxygen atoms in total. The lowest BCUT2D eigenvalue weighted by molar-refractivity contribution is 0.453. The number of hydrogen-bond donors (Lipinski definition) is 2. The maximum absolute atomic E-state index is 9.29. The van der Waals surface area contributed by atoms with Crippen LogP contribution in [0.4, 0.5) is 17.5 Å². The summed E-state index contributed by atoms with van der Waals surface area (Å²) >= 11 is 3.10. The fourth-order valence-corrected chi connectivity index (χ4v) is 2.27. The van der Waals surface area contributed by atoms with E-state index in [1.54, 1.807) is 12.1 Å². The third-order valence-electron chi connectivity index (χ3n) is 3.24. The number of rotatable bonds is 4. The van der Waals surface area contributed by atoms with Gasteiger partial charge >= 0.3 is 0 Å². The van der Waals surface area contributed by atoms with E-state index in [-0.39, 0.29) is 15.9 Å². The Morgan fingerprint density at radius 2 is 1.75 bits per heavy atom. The minimum Gasteiger partial charge on any atom is -0.437 e. The third-order valence-corrected chi connectivity index (χ3v) is 3.98. The first-order valence-electron chi connectivity index (χ1n) is 12.4. The van der Waals surface area contributed by atoms with Crippen molar-refractivity contribution in [3.8, 4) is 23.8 Å². The lowest BCUT2D eigenvalue weighted by Gasteiger charge is -2.14. The van der Waals surface area contributed by atoms with Gasteiger partial charge in [-0.3, -0.25) is 0 Å². The molecule has 0 saturated carbocycles. The Hall–Kier alpha value is -3.62. The van der Waals surface area contributed by atoms with Crippen LogP contribution in [0.25, 0.3) is 0 Å². The Bertz CT molecular complexity index is 1480. The predicted molar refractivity (Wildman–Crippen MR) is 109 cm³/mol. The minimum atomic E-state index is -2.90. The van der Waals surface area contributed by atoms with E-state index >= 15 is 0 Å². The molecule has 0 aliphatic rings. The summed E-state index contributed by atoms with van der Waals surface area (Å²) in [5.41, 5.74) is 3.67. The molecule has 0 aliphatic heterocycles. The number of aromatic nitrogens is 2. The second-order valence-corrected chi connectivity index (χ2v) is 5.95. The first-order valence-corrected chi connectivity index (χ1v) is 8.18. The van der Waals surface area contributed by atoms with Crippen LogP contribution in [-0.4, -0.2) is 9.97 Å². The zero-order valence-electron chi connectivity index (χ0n) is 23.8. The second-order valence-electron chi connectivity index (χ2n) is 5.15. The van der Waals surface area contributed by atoms with Gasteiger partial charge in [0, 0.05) is 13.9 Å². The molecule has 138 valence electrons. The molecule has 0 radical (unpaired) electrons. The first-order chi connectivity index (χ1) is 17.5. The zero-order chi connectivity index (χ0) is 28.7. The summed E-state index contributed by atoms with van der Waals surface area (Å²) < 4.78 is 84.7. The Morgan fingerprint density at radius 3 is 2.32 bits per heavy atom. The molecule has 3 rings (SSSR count). The van der Waals surface area contributed by atoms with Crippen molar-refractivity contribution in [2.24, 2.45) is 0 Å². The highest BCUT2D eigenvalue weighted by molar-refractivity contribution is 9.10. The van der Waals surface area contributed by atoms with Crippen LogP contribution in [0.2, 0.25) is 0 Å². The number of halogens is 1.